The van der Waals surface area contributed by atoms with E-state index in [2.05, 4.69) is 4.98 Å². The van der Waals surface area contributed by atoms with Crippen molar-refractivity contribution in [1.82, 2.24) is 9.29 Å². The molecule has 25 heavy (non-hydrogen) atoms. The average molecular weight is 368 g/mol. The molecule has 1 spiro atoms. The van der Waals surface area contributed by atoms with Gasteiger partial charge < -0.3 is 9.47 Å². The van der Waals surface area contributed by atoms with Crippen LogP contribution in [0, 0.1) is 5.92 Å². The second-order valence-electron chi connectivity index (χ2n) is 6.90. The molecule has 2 aliphatic heterocycles. The van der Waals surface area contributed by atoms with E-state index < -0.39 is 10.0 Å². The summed E-state index contributed by atoms with van der Waals surface area (Å²) in [6, 6.07) is 3.92. The zero-order valence-corrected chi connectivity index (χ0v) is 15.7. The second-order valence-corrected chi connectivity index (χ2v) is 9.16. The highest BCUT2D eigenvalue weighted by molar-refractivity contribution is 7.89. The first-order valence-corrected chi connectivity index (χ1v) is 10.7. The number of hydrogen-bond donors (Lipinski definition) is 0. The molecule has 0 aromatic carbocycles. The second kappa shape index (κ2) is 8.12. The molecule has 2 saturated heterocycles. The molecule has 6 nitrogen and oxygen atoms in total. The molecular formula is C18H28N2O4S. The molecule has 7 heteroatoms. The predicted molar refractivity (Wildman–Crippen MR) is 95.6 cm³/mol. The standard InChI is InChI=1S/C18H28N2O4S/c1-2-25(21,22)20-10-7-18(8-11-20)17(6-13-24-18)5-12-23-15-16-4-3-9-19-14-16/h3-4,9,14,17H,2,5-8,10-13,15H2,1H3. The predicted octanol–water partition coefficient (Wildman–Crippen LogP) is 2.21. The summed E-state index contributed by atoms with van der Waals surface area (Å²) in [5.41, 5.74) is 0.926. The first kappa shape index (κ1) is 18.8. The largest absolute Gasteiger partial charge is 0.377 e. The van der Waals surface area contributed by atoms with Crippen LogP contribution in [0.4, 0.5) is 0 Å². The van der Waals surface area contributed by atoms with Gasteiger partial charge in [-0.3, -0.25) is 4.98 Å². The van der Waals surface area contributed by atoms with E-state index in [-0.39, 0.29) is 11.4 Å². The van der Waals surface area contributed by atoms with Gasteiger partial charge in [0.05, 0.1) is 18.0 Å². The molecule has 1 aromatic heterocycles. The average Bonchev–Trinajstić information content (AvgIpc) is 3.02. The van der Waals surface area contributed by atoms with Gasteiger partial charge in [0.15, 0.2) is 0 Å². The summed E-state index contributed by atoms with van der Waals surface area (Å²) < 4.78 is 37.6. The van der Waals surface area contributed by atoms with Crippen molar-refractivity contribution in [3.05, 3.63) is 30.1 Å². The Balaban J connectivity index is 1.48. The number of ether oxygens (including phenoxy) is 2. The van der Waals surface area contributed by atoms with Crippen LogP contribution in [-0.4, -0.2) is 55.4 Å². The highest BCUT2D eigenvalue weighted by Gasteiger charge is 2.47. The summed E-state index contributed by atoms with van der Waals surface area (Å²) in [5.74, 6) is 0.625. The van der Waals surface area contributed by atoms with E-state index in [1.807, 2.05) is 18.3 Å². The van der Waals surface area contributed by atoms with Crippen molar-refractivity contribution in [3.8, 4) is 0 Å². The highest BCUT2D eigenvalue weighted by Crippen LogP contribution is 2.42. The van der Waals surface area contributed by atoms with E-state index in [1.54, 1.807) is 17.4 Å². The molecule has 3 rings (SSSR count). The lowest BCUT2D eigenvalue weighted by molar-refractivity contribution is -0.0618. The van der Waals surface area contributed by atoms with Crippen LogP contribution >= 0.6 is 0 Å². The quantitative estimate of drug-likeness (QED) is 0.690. The Bertz CT molecular complexity index is 642. The summed E-state index contributed by atoms with van der Waals surface area (Å²) in [6.45, 7) is 4.90. The Labute approximate surface area is 150 Å². The molecule has 2 fully saturated rings. The topological polar surface area (TPSA) is 68.7 Å². The van der Waals surface area contributed by atoms with Gasteiger partial charge in [-0.15, -0.1) is 0 Å². The molecule has 1 aromatic rings. The Kier molecular flexibility index (Phi) is 6.09. The fourth-order valence-corrected chi connectivity index (χ4v) is 5.07. The fourth-order valence-electron chi connectivity index (χ4n) is 3.97. The summed E-state index contributed by atoms with van der Waals surface area (Å²) in [7, 11) is -3.09. The maximum atomic E-state index is 12.0. The molecule has 0 aliphatic carbocycles. The van der Waals surface area contributed by atoms with Crippen molar-refractivity contribution < 1.29 is 17.9 Å². The first-order valence-electron chi connectivity index (χ1n) is 9.14. The third-order valence-electron chi connectivity index (χ3n) is 5.53. The van der Waals surface area contributed by atoms with Crippen LogP contribution in [0.1, 0.15) is 38.2 Å². The smallest absolute Gasteiger partial charge is 0.213 e. The summed E-state index contributed by atoms with van der Waals surface area (Å²) in [5, 5.41) is 0. The highest BCUT2D eigenvalue weighted by atomic mass is 32.2. The maximum Gasteiger partial charge on any atom is 0.213 e. The third-order valence-corrected chi connectivity index (χ3v) is 7.41. The van der Waals surface area contributed by atoms with E-state index in [9.17, 15) is 8.42 Å². The third kappa shape index (κ3) is 4.39. The molecule has 3 heterocycles. The normalized spacial score (nSPS) is 24.0. The Hall–Kier alpha value is -1.02. The van der Waals surface area contributed by atoms with Crippen LogP contribution < -0.4 is 0 Å². The van der Waals surface area contributed by atoms with Crippen molar-refractivity contribution in [3.63, 3.8) is 0 Å². The zero-order chi connectivity index (χ0) is 17.8. The molecule has 1 atom stereocenters. The fraction of sp³-hybridized carbons (Fsp3) is 0.722. The van der Waals surface area contributed by atoms with Gasteiger partial charge in [-0.05, 0) is 50.2 Å². The minimum atomic E-state index is -3.09. The number of aromatic nitrogens is 1. The lowest BCUT2D eigenvalue weighted by atomic mass is 9.78. The molecule has 0 bridgehead atoms. The van der Waals surface area contributed by atoms with Crippen LogP contribution in [0.3, 0.4) is 0 Å². The Morgan fingerprint density at radius 2 is 2.20 bits per heavy atom. The molecule has 140 valence electrons. The van der Waals surface area contributed by atoms with Crippen molar-refractivity contribution in [2.75, 3.05) is 32.1 Å². The van der Waals surface area contributed by atoms with E-state index in [4.69, 9.17) is 9.47 Å². The van der Waals surface area contributed by atoms with E-state index >= 15 is 0 Å². The van der Waals surface area contributed by atoms with Gasteiger partial charge in [-0.2, -0.15) is 0 Å². The zero-order valence-electron chi connectivity index (χ0n) is 14.9. The van der Waals surface area contributed by atoms with Gasteiger partial charge >= 0.3 is 0 Å². The summed E-state index contributed by atoms with van der Waals surface area (Å²) >= 11 is 0. The molecule has 0 radical (unpaired) electrons. The van der Waals surface area contributed by atoms with Gasteiger partial charge in [0, 0.05) is 38.7 Å². The van der Waals surface area contributed by atoms with Crippen molar-refractivity contribution in [1.29, 1.82) is 0 Å². The number of pyridine rings is 1. The molecular weight excluding hydrogens is 340 g/mol. The first-order chi connectivity index (χ1) is 12.1. The minimum Gasteiger partial charge on any atom is -0.377 e. The van der Waals surface area contributed by atoms with Crippen LogP contribution in [-0.2, 0) is 26.1 Å². The maximum absolute atomic E-state index is 12.0. The van der Waals surface area contributed by atoms with Crippen LogP contribution in [0.15, 0.2) is 24.5 Å². The van der Waals surface area contributed by atoms with E-state index in [0.29, 0.717) is 32.2 Å². The summed E-state index contributed by atoms with van der Waals surface area (Å²) in [4.78, 5) is 4.09. The van der Waals surface area contributed by atoms with Gasteiger partial charge in [0.2, 0.25) is 10.0 Å². The van der Waals surface area contributed by atoms with Gasteiger partial charge in [-0.1, -0.05) is 6.07 Å². The molecule has 0 N–H and O–H groups in total. The molecule has 1 unspecified atom stereocenters. The number of rotatable bonds is 7. The SMILES string of the molecule is CCS(=O)(=O)N1CCC2(CC1)OCCC2CCOCc1cccnc1. The van der Waals surface area contributed by atoms with Crippen LogP contribution in [0.2, 0.25) is 0 Å². The van der Waals surface area contributed by atoms with Crippen LogP contribution in [0.25, 0.3) is 0 Å². The number of piperidine rings is 1. The van der Waals surface area contributed by atoms with Gasteiger partial charge in [0.1, 0.15) is 0 Å². The number of hydrogen-bond acceptors (Lipinski definition) is 5. The van der Waals surface area contributed by atoms with Gasteiger partial charge in [0.25, 0.3) is 0 Å². The van der Waals surface area contributed by atoms with Gasteiger partial charge in [-0.25, -0.2) is 12.7 Å². The number of nitrogens with zero attached hydrogens (tertiary/aromatic N) is 2. The summed E-state index contributed by atoms with van der Waals surface area (Å²) in [6.07, 6.45) is 7.16. The van der Waals surface area contributed by atoms with Crippen molar-refractivity contribution in [2.24, 2.45) is 5.92 Å². The van der Waals surface area contributed by atoms with E-state index in [1.165, 1.54) is 0 Å². The van der Waals surface area contributed by atoms with Crippen LogP contribution in [0.5, 0.6) is 0 Å². The minimum absolute atomic E-state index is 0.155. The van der Waals surface area contributed by atoms with Crippen molar-refractivity contribution >= 4 is 10.0 Å². The Morgan fingerprint density at radius 3 is 2.88 bits per heavy atom. The molecule has 0 saturated carbocycles. The van der Waals surface area contributed by atoms with E-state index in [0.717, 1.165) is 37.9 Å². The Morgan fingerprint density at radius 1 is 1.40 bits per heavy atom. The monoisotopic (exact) mass is 368 g/mol. The number of sulfonamides is 1. The lowest BCUT2D eigenvalue weighted by Crippen LogP contribution is -2.49. The molecule has 2 aliphatic rings. The lowest BCUT2D eigenvalue weighted by Gasteiger charge is -2.41. The molecule has 0 amide bonds. The van der Waals surface area contributed by atoms with Crippen molar-refractivity contribution in [2.45, 2.75) is 44.8 Å².